The van der Waals surface area contributed by atoms with Crippen LogP contribution < -0.4 is 28.5 Å². The van der Waals surface area contributed by atoms with E-state index in [1.165, 1.54) is 22.3 Å². The SMILES string of the molecule is C[n+]1ccc(-c2ccc3cccccc2-3)cc1.[I-]. The van der Waals surface area contributed by atoms with E-state index in [0.29, 0.717) is 0 Å². The van der Waals surface area contributed by atoms with Gasteiger partial charge in [0, 0.05) is 12.1 Å². The van der Waals surface area contributed by atoms with E-state index in [9.17, 15) is 0 Å². The van der Waals surface area contributed by atoms with Crippen molar-refractivity contribution in [3.63, 3.8) is 0 Å². The highest BCUT2D eigenvalue weighted by atomic mass is 127. The lowest BCUT2D eigenvalue weighted by Crippen LogP contribution is -3.00. The first kappa shape index (κ1) is 13.0. The smallest absolute Gasteiger partial charge is 0.169 e. The first-order valence-corrected chi connectivity index (χ1v) is 5.78. The normalized spacial score (nSPS) is 10.1. The van der Waals surface area contributed by atoms with Gasteiger partial charge in [-0.15, -0.1) is 0 Å². The summed E-state index contributed by atoms with van der Waals surface area (Å²) >= 11 is 0. The van der Waals surface area contributed by atoms with Gasteiger partial charge < -0.3 is 24.0 Å². The lowest BCUT2D eigenvalue weighted by Gasteiger charge is -2.00. The molecular weight excluding hydrogens is 333 g/mol. The molecular formula is C16H14IN. The number of nitrogens with zero attached hydrogens (tertiary/aromatic N) is 1. The Balaban J connectivity index is 0.00000120. The highest BCUT2D eigenvalue weighted by molar-refractivity contribution is 5.85. The largest absolute Gasteiger partial charge is 1.00 e. The van der Waals surface area contributed by atoms with Crippen LogP contribution in [0, 0.1) is 0 Å². The van der Waals surface area contributed by atoms with E-state index in [-0.39, 0.29) is 24.0 Å². The molecule has 0 N–H and O–H groups in total. The zero-order valence-electron chi connectivity index (χ0n) is 10.2. The van der Waals surface area contributed by atoms with Crippen molar-refractivity contribution in [2.75, 3.05) is 0 Å². The van der Waals surface area contributed by atoms with Crippen molar-refractivity contribution in [1.29, 1.82) is 0 Å². The summed E-state index contributed by atoms with van der Waals surface area (Å²) in [5.74, 6) is 0. The van der Waals surface area contributed by atoms with Crippen LogP contribution in [0.25, 0.3) is 22.3 Å². The number of aromatic nitrogens is 1. The first-order valence-electron chi connectivity index (χ1n) is 5.78. The number of halogens is 1. The fraction of sp³-hybridized carbons (Fsp3) is 0.0625. The summed E-state index contributed by atoms with van der Waals surface area (Å²) in [5.41, 5.74) is 5.17. The predicted octanol–water partition coefficient (Wildman–Crippen LogP) is 0.287. The predicted molar refractivity (Wildman–Crippen MR) is 69.7 cm³/mol. The molecule has 2 aliphatic carbocycles. The fourth-order valence-corrected chi connectivity index (χ4v) is 2.15. The summed E-state index contributed by atoms with van der Waals surface area (Å²) in [6.07, 6.45) is 4.16. The lowest BCUT2D eigenvalue weighted by atomic mass is 10.0. The summed E-state index contributed by atoms with van der Waals surface area (Å²) < 4.78 is 2.05. The minimum atomic E-state index is 0. The quantitative estimate of drug-likeness (QED) is 0.440. The van der Waals surface area contributed by atoms with E-state index in [0.717, 1.165) is 0 Å². The summed E-state index contributed by atoms with van der Waals surface area (Å²) in [7, 11) is 2.03. The average Bonchev–Trinajstić information content (AvgIpc) is 2.60. The van der Waals surface area contributed by atoms with Crippen LogP contribution in [0.15, 0.2) is 67.0 Å². The molecule has 1 aromatic heterocycles. The molecule has 1 aromatic rings. The van der Waals surface area contributed by atoms with Gasteiger partial charge in [-0.25, -0.2) is 4.57 Å². The Hall–Kier alpha value is -1.42. The first-order chi connectivity index (χ1) is 8.34. The average molecular weight is 347 g/mol. The van der Waals surface area contributed by atoms with E-state index in [4.69, 9.17) is 0 Å². The maximum Gasteiger partial charge on any atom is 0.169 e. The van der Waals surface area contributed by atoms with Gasteiger partial charge in [-0.05, 0) is 22.3 Å². The van der Waals surface area contributed by atoms with Gasteiger partial charge in [0.2, 0.25) is 0 Å². The molecule has 0 amide bonds. The van der Waals surface area contributed by atoms with Crippen LogP contribution in [0.4, 0.5) is 0 Å². The molecule has 2 heteroatoms. The van der Waals surface area contributed by atoms with E-state index in [1.54, 1.807) is 0 Å². The van der Waals surface area contributed by atoms with Gasteiger partial charge in [0.15, 0.2) is 12.4 Å². The van der Waals surface area contributed by atoms with Gasteiger partial charge in [-0.3, -0.25) is 0 Å². The van der Waals surface area contributed by atoms with Crippen LogP contribution >= 0.6 is 0 Å². The molecule has 0 saturated heterocycles. The maximum atomic E-state index is 2.19. The van der Waals surface area contributed by atoms with E-state index < -0.39 is 0 Å². The summed E-state index contributed by atoms with van der Waals surface area (Å²) in [5, 5.41) is 0. The summed E-state index contributed by atoms with van der Waals surface area (Å²) in [6, 6.07) is 19.3. The number of fused-ring (bicyclic) bond motifs is 1. The standard InChI is InChI=1S/C16H14N.HI/c1-17-11-9-14(10-12-17)16-8-7-13-5-3-2-4-6-15(13)16;/h2-12H,1H3;1H/q+1;/p-1. The Morgan fingerprint density at radius 3 is 2.06 bits per heavy atom. The van der Waals surface area contributed by atoms with Crippen LogP contribution in [-0.4, -0.2) is 0 Å². The highest BCUT2D eigenvalue weighted by Crippen LogP contribution is 2.34. The molecule has 0 aliphatic heterocycles. The number of pyridine rings is 1. The van der Waals surface area contributed by atoms with Crippen LogP contribution in [0.5, 0.6) is 0 Å². The number of aryl methyl sites for hydroxylation is 1. The van der Waals surface area contributed by atoms with Gasteiger partial charge in [-0.2, -0.15) is 0 Å². The van der Waals surface area contributed by atoms with Crippen molar-refractivity contribution < 1.29 is 28.5 Å². The van der Waals surface area contributed by atoms with Gasteiger partial charge in [-0.1, -0.05) is 42.5 Å². The topological polar surface area (TPSA) is 3.88 Å². The molecule has 90 valence electrons. The third kappa shape index (κ3) is 2.38. The van der Waals surface area contributed by atoms with Gasteiger partial charge in [0.25, 0.3) is 0 Å². The molecule has 0 atom stereocenters. The highest BCUT2D eigenvalue weighted by Gasteiger charge is 2.09. The third-order valence-electron chi connectivity index (χ3n) is 3.08. The monoisotopic (exact) mass is 347 g/mol. The minimum absolute atomic E-state index is 0. The summed E-state index contributed by atoms with van der Waals surface area (Å²) in [4.78, 5) is 0. The Morgan fingerprint density at radius 2 is 1.28 bits per heavy atom. The zero-order valence-corrected chi connectivity index (χ0v) is 12.3. The van der Waals surface area contributed by atoms with Crippen molar-refractivity contribution in [2.24, 2.45) is 7.05 Å². The molecule has 1 heterocycles. The number of rotatable bonds is 1. The zero-order chi connectivity index (χ0) is 11.7. The van der Waals surface area contributed by atoms with Crippen molar-refractivity contribution >= 4 is 0 Å². The van der Waals surface area contributed by atoms with Crippen molar-refractivity contribution in [1.82, 2.24) is 0 Å². The number of hydrogen-bond acceptors (Lipinski definition) is 0. The molecule has 0 aromatic carbocycles. The molecule has 1 nitrogen and oxygen atoms in total. The molecule has 0 bridgehead atoms. The van der Waals surface area contributed by atoms with Crippen molar-refractivity contribution in [2.45, 2.75) is 0 Å². The van der Waals surface area contributed by atoms with E-state index in [2.05, 4.69) is 71.6 Å². The second-order valence-electron chi connectivity index (χ2n) is 4.28. The van der Waals surface area contributed by atoms with Crippen molar-refractivity contribution in [3.8, 4) is 22.3 Å². The third-order valence-corrected chi connectivity index (χ3v) is 3.08. The van der Waals surface area contributed by atoms with Crippen LogP contribution in [0.3, 0.4) is 0 Å². The Labute approximate surface area is 124 Å². The molecule has 18 heavy (non-hydrogen) atoms. The van der Waals surface area contributed by atoms with Gasteiger partial charge in [0.1, 0.15) is 7.05 Å². The van der Waals surface area contributed by atoms with Crippen LogP contribution in [-0.2, 0) is 7.05 Å². The second kappa shape index (κ2) is 5.48. The van der Waals surface area contributed by atoms with E-state index >= 15 is 0 Å². The molecule has 3 rings (SSSR count). The van der Waals surface area contributed by atoms with Gasteiger partial charge >= 0.3 is 0 Å². The van der Waals surface area contributed by atoms with Crippen LogP contribution in [0.2, 0.25) is 0 Å². The maximum absolute atomic E-state index is 2.19. The Morgan fingerprint density at radius 1 is 0.667 bits per heavy atom. The molecule has 0 fully saturated rings. The Bertz CT molecular complexity index is 616. The van der Waals surface area contributed by atoms with Crippen LogP contribution in [0.1, 0.15) is 0 Å². The van der Waals surface area contributed by atoms with E-state index in [1.807, 2.05) is 7.05 Å². The summed E-state index contributed by atoms with van der Waals surface area (Å²) in [6.45, 7) is 0. The molecule has 0 spiro atoms. The molecule has 0 unspecified atom stereocenters. The molecule has 0 radical (unpaired) electrons. The Kier molecular flexibility index (Phi) is 3.97. The minimum Gasteiger partial charge on any atom is -1.00 e. The lowest BCUT2D eigenvalue weighted by molar-refractivity contribution is -0.671. The molecule has 0 saturated carbocycles. The number of hydrogen-bond donors (Lipinski definition) is 0. The second-order valence-corrected chi connectivity index (χ2v) is 4.28. The van der Waals surface area contributed by atoms with Crippen molar-refractivity contribution in [3.05, 3.63) is 67.0 Å². The van der Waals surface area contributed by atoms with Gasteiger partial charge in [0.05, 0.1) is 0 Å². The molecule has 2 aliphatic rings. The fourth-order valence-electron chi connectivity index (χ4n) is 2.15.